The minimum atomic E-state index is -0.617. The molecule has 0 unspecified atom stereocenters. The summed E-state index contributed by atoms with van der Waals surface area (Å²) in [7, 11) is 1.57. The summed E-state index contributed by atoms with van der Waals surface area (Å²) in [5.74, 6) is 0.487. The largest absolute Gasteiger partial charge is 0.496 e. The first-order valence-corrected chi connectivity index (χ1v) is 20.2. The number of unbranched alkanes of at least 4 members (excludes halogenated alkanes) is 1. The molecule has 0 spiro atoms. The lowest BCUT2D eigenvalue weighted by Crippen LogP contribution is -2.19. The molecule has 0 amide bonds. The van der Waals surface area contributed by atoms with E-state index in [4.69, 9.17) is 70.7 Å². The SMILES string of the molecule is CCCCn1ncc(/C=C(\Cc2cc3c(cc2OC)CCO3)C(=O)OCCOCCON(O)O)c1-c1ccc(Cl)cc1OCc1ccccc1C(=O)OCCOCCON(O)O. The van der Waals surface area contributed by atoms with Gasteiger partial charge in [0.2, 0.25) is 0 Å². The number of esters is 2. The molecule has 0 aliphatic carbocycles. The molecular weight excluding hydrogens is 836 g/mol. The number of nitrogens with zero attached hydrogens (tertiary/aromatic N) is 4. The number of aryl methyl sites for hydroxylation is 1. The highest BCUT2D eigenvalue weighted by Crippen LogP contribution is 2.38. The molecule has 4 N–H and O–H groups in total. The van der Waals surface area contributed by atoms with Gasteiger partial charge < -0.3 is 33.2 Å². The highest BCUT2D eigenvalue weighted by atomic mass is 35.5. The van der Waals surface area contributed by atoms with Gasteiger partial charge in [-0.05, 0) is 48.9 Å². The van der Waals surface area contributed by atoms with Crippen LogP contribution in [0.2, 0.25) is 5.02 Å². The van der Waals surface area contributed by atoms with Gasteiger partial charge in [-0.3, -0.25) is 25.5 Å². The molecule has 336 valence electrons. The zero-order chi connectivity index (χ0) is 44.3. The molecule has 0 saturated heterocycles. The molecule has 0 radical (unpaired) electrons. The Hall–Kier alpha value is -5.16. The fourth-order valence-electron chi connectivity index (χ4n) is 6.35. The standard InChI is InChI=1S/C42H51ClN4O15/c1-3-4-12-45-40(36-10-9-34(43)26-39(36)60-28-30-7-5-6-8-35(30)42(49)59-19-15-56-17-21-62-47(52)53)33(27-44-45)23-32(41(48)58-18-14-55-16-20-61-46(50)51)22-31-25-38-29(11-13-57-38)24-37(31)54-2/h5-10,23-27,50-53H,3-4,11-22,28H2,1-2H3/b32-23+. The molecule has 1 aromatic heterocycles. The van der Waals surface area contributed by atoms with E-state index < -0.39 is 22.7 Å². The van der Waals surface area contributed by atoms with Gasteiger partial charge in [-0.2, -0.15) is 5.10 Å². The van der Waals surface area contributed by atoms with Crippen molar-refractivity contribution in [3.05, 3.63) is 99.2 Å². The van der Waals surface area contributed by atoms with Crippen LogP contribution in [0.1, 0.15) is 52.4 Å². The van der Waals surface area contributed by atoms with Gasteiger partial charge in [0.25, 0.3) is 0 Å². The summed E-state index contributed by atoms with van der Waals surface area (Å²) < 4.78 is 41.7. The quantitative estimate of drug-likeness (QED) is 0.0236. The maximum Gasteiger partial charge on any atom is 0.338 e. The number of hydrogen-bond donors (Lipinski definition) is 4. The monoisotopic (exact) mass is 886 g/mol. The number of carbonyl (C=O) groups excluding carboxylic acids is 2. The Balaban J connectivity index is 1.42. The minimum Gasteiger partial charge on any atom is -0.496 e. The van der Waals surface area contributed by atoms with Crippen LogP contribution >= 0.6 is 11.6 Å². The first kappa shape index (κ1) is 47.9. The summed E-state index contributed by atoms with van der Waals surface area (Å²) in [5, 5.41) is 38.9. The van der Waals surface area contributed by atoms with Gasteiger partial charge in [0.15, 0.2) is 0 Å². The summed E-state index contributed by atoms with van der Waals surface area (Å²) in [4.78, 5) is 36.0. The molecule has 19 nitrogen and oxygen atoms in total. The summed E-state index contributed by atoms with van der Waals surface area (Å²) in [6, 6.07) is 15.8. The second-order valence-corrected chi connectivity index (χ2v) is 13.9. The van der Waals surface area contributed by atoms with Gasteiger partial charge >= 0.3 is 11.9 Å². The molecule has 3 aromatic carbocycles. The molecule has 1 aliphatic heterocycles. The number of benzene rings is 3. The lowest BCUT2D eigenvalue weighted by molar-refractivity contribution is -0.493. The van der Waals surface area contributed by atoms with Crippen molar-refractivity contribution in [1.82, 2.24) is 20.6 Å². The molecule has 0 atom stereocenters. The van der Waals surface area contributed by atoms with Gasteiger partial charge in [0.05, 0.1) is 81.6 Å². The van der Waals surface area contributed by atoms with E-state index >= 15 is 0 Å². The van der Waals surface area contributed by atoms with Crippen molar-refractivity contribution in [3.63, 3.8) is 0 Å². The van der Waals surface area contributed by atoms with Crippen molar-refractivity contribution in [2.75, 3.05) is 66.6 Å². The van der Waals surface area contributed by atoms with Gasteiger partial charge in [-0.25, -0.2) is 19.3 Å². The second kappa shape index (κ2) is 25.1. The fourth-order valence-corrected chi connectivity index (χ4v) is 6.52. The number of halogens is 1. The molecule has 2 heterocycles. The van der Waals surface area contributed by atoms with Crippen LogP contribution in [0.15, 0.2) is 66.4 Å². The third-order valence-electron chi connectivity index (χ3n) is 9.27. The Kier molecular flexibility index (Phi) is 19.4. The van der Waals surface area contributed by atoms with Gasteiger partial charge in [0.1, 0.15) is 37.1 Å². The molecule has 62 heavy (non-hydrogen) atoms. The van der Waals surface area contributed by atoms with Crippen molar-refractivity contribution in [2.24, 2.45) is 0 Å². The third kappa shape index (κ3) is 14.5. The molecule has 4 aromatic rings. The minimum absolute atomic E-state index is 0.0113. The van der Waals surface area contributed by atoms with E-state index in [0.29, 0.717) is 57.6 Å². The molecule has 0 bridgehead atoms. The maximum absolute atomic E-state index is 13.9. The van der Waals surface area contributed by atoms with E-state index in [-0.39, 0.29) is 77.0 Å². The van der Waals surface area contributed by atoms with Crippen molar-refractivity contribution in [2.45, 2.75) is 45.8 Å². The topological polar surface area (TPSA) is 222 Å². The third-order valence-corrected chi connectivity index (χ3v) is 9.50. The van der Waals surface area contributed by atoms with Crippen molar-refractivity contribution >= 4 is 29.6 Å². The molecule has 20 heteroatoms. The van der Waals surface area contributed by atoms with E-state index in [0.717, 1.165) is 30.6 Å². The zero-order valence-electron chi connectivity index (χ0n) is 34.4. The van der Waals surface area contributed by atoms with Crippen LogP contribution in [-0.2, 0) is 59.4 Å². The normalized spacial score (nSPS) is 12.4. The van der Waals surface area contributed by atoms with Crippen LogP contribution in [0.5, 0.6) is 17.2 Å². The number of fused-ring (bicyclic) bond motifs is 1. The smallest absolute Gasteiger partial charge is 0.338 e. The molecule has 5 rings (SSSR count). The van der Waals surface area contributed by atoms with Crippen LogP contribution < -0.4 is 14.2 Å². The average Bonchev–Trinajstić information content (AvgIpc) is 3.89. The molecule has 0 fully saturated rings. The molecule has 0 saturated carbocycles. The number of methoxy groups -OCH3 is 1. The van der Waals surface area contributed by atoms with Gasteiger partial charge in [0, 0.05) is 57.8 Å². The predicted molar refractivity (Wildman–Crippen MR) is 218 cm³/mol. The van der Waals surface area contributed by atoms with E-state index in [2.05, 4.69) is 16.6 Å². The number of rotatable bonds is 27. The van der Waals surface area contributed by atoms with Crippen molar-refractivity contribution < 1.29 is 73.3 Å². The van der Waals surface area contributed by atoms with E-state index in [1.807, 2.05) is 22.9 Å². The van der Waals surface area contributed by atoms with Crippen LogP contribution in [0.3, 0.4) is 0 Å². The number of ether oxygens (including phenoxy) is 7. The fraction of sp³-hybridized carbons (Fsp3) is 0.405. The molecular formula is C42H51ClN4O15. The number of carbonyl (C=O) groups is 2. The van der Waals surface area contributed by atoms with Crippen LogP contribution in [0, 0.1) is 0 Å². The first-order valence-electron chi connectivity index (χ1n) is 19.8. The van der Waals surface area contributed by atoms with Crippen LogP contribution in [0.25, 0.3) is 17.3 Å². The van der Waals surface area contributed by atoms with Gasteiger partial charge in [-0.15, -0.1) is 0 Å². The lowest BCUT2D eigenvalue weighted by atomic mass is 9.98. The van der Waals surface area contributed by atoms with Crippen LogP contribution in [-0.4, -0.2) is 120 Å². The first-order chi connectivity index (χ1) is 30.1. The summed E-state index contributed by atoms with van der Waals surface area (Å²) in [6.45, 7) is 2.82. The number of aromatic nitrogens is 2. The van der Waals surface area contributed by atoms with E-state index in [1.54, 1.807) is 55.8 Å². The van der Waals surface area contributed by atoms with E-state index in [9.17, 15) is 9.59 Å². The van der Waals surface area contributed by atoms with Gasteiger partial charge in [-0.1, -0.05) is 43.1 Å². The Morgan fingerprint density at radius 2 is 1.58 bits per heavy atom. The maximum atomic E-state index is 13.9. The second-order valence-electron chi connectivity index (χ2n) is 13.5. The summed E-state index contributed by atoms with van der Waals surface area (Å²) in [5.41, 5.74) is 4.67. The number of hydrogen-bond acceptors (Lipinski definition) is 18. The highest BCUT2D eigenvalue weighted by Gasteiger charge is 2.23. The lowest BCUT2D eigenvalue weighted by Gasteiger charge is -2.17. The predicted octanol–water partition coefficient (Wildman–Crippen LogP) is 5.91. The van der Waals surface area contributed by atoms with Crippen molar-refractivity contribution in [3.8, 4) is 28.5 Å². The summed E-state index contributed by atoms with van der Waals surface area (Å²) in [6.07, 6.45) is 5.94. The Labute approximate surface area is 362 Å². The summed E-state index contributed by atoms with van der Waals surface area (Å²) >= 11 is 6.55. The van der Waals surface area contributed by atoms with Crippen LogP contribution in [0.4, 0.5) is 0 Å². The van der Waals surface area contributed by atoms with Crippen molar-refractivity contribution in [1.29, 1.82) is 0 Å². The highest BCUT2D eigenvalue weighted by molar-refractivity contribution is 6.30. The zero-order valence-corrected chi connectivity index (χ0v) is 35.2. The Bertz CT molecular complexity index is 2090. The average molecular weight is 887 g/mol. The Morgan fingerprint density at radius 1 is 0.871 bits per heavy atom. The Morgan fingerprint density at radius 3 is 2.29 bits per heavy atom. The van der Waals surface area contributed by atoms with E-state index in [1.165, 1.54) is 0 Å². The molecule has 1 aliphatic rings.